The van der Waals surface area contributed by atoms with E-state index in [-0.39, 0.29) is 51.3 Å². The van der Waals surface area contributed by atoms with E-state index in [1.807, 2.05) is 10.2 Å². The van der Waals surface area contributed by atoms with Crippen LogP contribution in [0.1, 0.15) is 34.7 Å². The zero-order valence-corrected chi connectivity index (χ0v) is 30.1. The van der Waals surface area contributed by atoms with Crippen LogP contribution in [0.5, 0.6) is 5.75 Å². The summed E-state index contributed by atoms with van der Waals surface area (Å²) in [6.45, 7) is -1.13. The molecule has 2 aliphatic heterocycles. The lowest BCUT2D eigenvalue weighted by molar-refractivity contribution is -0.143. The Labute approximate surface area is 318 Å². The molecule has 1 saturated heterocycles. The highest BCUT2D eigenvalue weighted by Crippen LogP contribution is 2.35. The van der Waals surface area contributed by atoms with Crippen LogP contribution in [0.15, 0.2) is 91.5 Å². The number of aromatic nitrogens is 2. The van der Waals surface area contributed by atoms with Crippen LogP contribution in [0.25, 0.3) is 5.69 Å². The van der Waals surface area contributed by atoms with E-state index < -0.39 is 66.5 Å². The van der Waals surface area contributed by atoms with Crippen molar-refractivity contribution in [2.75, 3.05) is 39.3 Å². The Hall–Kier alpha value is -4.97. The highest BCUT2D eigenvalue weighted by molar-refractivity contribution is 5.82. The maximum Gasteiger partial charge on any atom is 0.418 e. The number of carbonyl (C=O) groups excluding carboxylic acids is 2. The number of nitrogens with one attached hydrogen (secondary N) is 2. The minimum Gasteiger partial charge on any atom is -0.490 e. The Morgan fingerprint density at radius 3 is 2.48 bits per heavy atom. The number of carbonyl (C=O) groups is 2. The van der Waals surface area contributed by atoms with Crippen molar-refractivity contribution in [2.45, 2.75) is 56.0 Å². The van der Waals surface area contributed by atoms with Crippen LogP contribution in [0, 0.1) is 5.92 Å². The lowest BCUT2D eigenvalue weighted by atomic mass is 9.91. The molecule has 0 bridgehead atoms. The number of rotatable bonds is 13. The zero-order valence-electron chi connectivity index (χ0n) is 30.1. The number of fused-ring (bicyclic) bond motifs is 1. The van der Waals surface area contributed by atoms with Crippen LogP contribution in [-0.2, 0) is 28.7 Å². The fraction of sp³-hybridized carbons (Fsp3) is 0.410. The van der Waals surface area contributed by atoms with Gasteiger partial charge in [-0.1, -0.05) is 36.4 Å². The number of para-hydroxylation sites is 2. The predicted molar refractivity (Wildman–Crippen MR) is 191 cm³/mol. The number of hydrogen-bond donors (Lipinski definition) is 4. The van der Waals surface area contributed by atoms with E-state index in [0.717, 1.165) is 6.07 Å². The fourth-order valence-electron chi connectivity index (χ4n) is 7.23. The summed E-state index contributed by atoms with van der Waals surface area (Å²) in [5.41, 5.74) is 1.03. The summed E-state index contributed by atoms with van der Waals surface area (Å²) in [6.07, 6.45) is -5.23. The molecule has 56 heavy (non-hydrogen) atoms. The number of piperazine rings is 1. The second kappa shape index (κ2) is 17.4. The first-order valence-corrected chi connectivity index (χ1v) is 18.1. The standard InChI is InChI=1S/C39H42F6N6O5/c40-38(41,42)24-47-37(55)32-22-49(19-26-11-13-50(20-26)31-9-3-2-8-30(31)39(43,44)45)14-15-51(32)21-28(52)17-27(16-25-6-5-12-46-18-25)36(54)48-35-29-7-1-4-10-34(29)56-23-33(35)53/h1-13,18,20,27-28,32-33,35,52-53H,14-17,19,21-24H2,(H,47,55)(H,48,54)/t27-,28+,32+,33-,35+/m1/s1. The molecule has 4 heterocycles. The summed E-state index contributed by atoms with van der Waals surface area (Å²) in [6, 6.07) is 15.3. The van der Waals surface area contributed by atoms with Gasteiger partial charge in [0.1, 0.15) is 31.0 Å². The largest absolute Gasteiger partial charge is 0.490 e. The first-order chi connectivity index (χ1) is 26.6. The number of amides is 2. The van der Waals surface area contributed by atoms with Crippen molar-refractivity contribution in [3.63, 3.8) is 0 Å². The molecule has 1 fully saturated rings. The predicted octanol–water partition coefficient (Wildman–Crippen LogP) is 4.28. The SMILES string of the molecule is O=C(N[C@H]1c2ccccc2OC[C@H]1O)[C@H](Cc1cccnc1)C[C@H](O)CN1CCN(Cc2ccn(-c3ccccc3C(F)(F)F)c2)C[C@H]1C(=O)NCC(F)(F)F. The third kappa shape index (κ3) is 10.5. The number of β-amino-alcohol motifs (C(OH)–C–C–N with tert-alkyl or cyclic N) is 1. The van der Waals surface area contributed by atoms with Crippen molar-refractivity contribution in [3.8, 4) is 11.4 Å². The molecule has 4 N–H and O–H groups in total. The normalized spacial score (nSPS) is 20.4. The average Bonchev–Trinajstić information content (AvgIpc) is 3.63. The second-order valence-corrected chi connectivity index (χ2v) is 14.1. The van der Waals surface area contributed by atoms with Crippen LogP contribution in [0.3, 0.4) is 0 Å². The number of halogens is 6. The van der Waals surface area contributed by atoms with Gasteiger partial charge in [-0.05, 0) is 54.3 Å². The van der Waals surface area contributed by atoms with E-state index in [0.29, 0.717) is 29.0 Å². The summed E-state index contributed by atoms with van der Waals surface area (Å²) >= 11 is 0. The molecule has 11 nitrogen and oxygen atoms in total. The lowest BCUT2D eigenvalue weighted by Crippen LogP contribution is -2.60. The van der Waals surface area contributed by atoms with Crippen LogP contribution in [0.2, 0.25) is 0 Å². The molecule has 0 saturated carbocycles. The van der Waals surface area contributed by atoms with Crippen molar-refractivity contribution in [1.29, 1.82) is 0 Å². The minimum absolute atomic E-state index is 0.0403. The Balaban J connectivity index is 1.16. The molecule has 300 valence electrons. The van der Waals surface area contributed by atoms with Gasteiger partial charge in [-0.25, -0.2) is 0 Å². The summed E-state index contributed by atoms with van der Waals surface area (Å²) in [5.74, 6) is -1.68. The third-order valence-corrected chi connectivity index (χ3v) is 9.91. The van der Waals surface area contributed by atoms with Gasteiger partial charge >= 0.3 is 12.4 Å². The number of alkyl halides is 6. The van der Waals surface area contributed by atoms with E-state index in [2.05, 4.69) is 10.3 Å². The Kier molecular flexibility index (Phi) is 12.7. The molecule has 0 aliphatic carbocycles. The van der Waals surface area contributed by atoms with E-state index in [4.69, 9.17) is 4.74 Å². The highest BCUT2D eigenvalue weighted by Gasteiger charge is 2.38. The number of aliphatic hydroxyl groups excluding tert-OH is 2. The summed E-state index contributed by atoms with van der Waals surface area (Å²) in [5, 5.41) is 27.1. The highest BCUT2D eigenvalue weighted by atomic mass is 19.4. The van der Waals surface area contributed by atoms with E-state index >= 15 is 0 Å². The number of ether oxygens (including phenoxy) is 1. The Morgan fingerprint density at radius 1 is 0.964 bits per heavy atom. The topological polar surface area (TPSA) is 132 Å². The minimum atomic E-state index is -4.67. The molecule has 5 atom stereocenters. The van der Waals surface area contributed by atoms with Gasteiger partial charge in [0, 0.05) is 69.0 Å². The van der Waals surface area contributed by atoms with Crippen molar-refractivity contribution in [1.82, 2.24) is 30.0 Å². The van der Waals surface area contributed by atoms with E-state index in [1.54, 1.807) is 59.8 Å². The van der Waals surface area contributed by atoms with Crippen molar-refractivity contribution in [3.05, 3.63) is 114 Å². The van der Waals surface area contributed by atoms with Gasteiger partial charge in [0.25, 0.3) is 0 Å². The number of hydrogen-bond acceptors (Lipinski definition) is 8. The molecule has 0 radical (unpaired) electrons. The first-order valence-electron chi connectivity index (χ1n) is 18.1. The number of nitrogens with zero attached hydrogens (tertiary/aromatic N) is 4. The molecule has 2 amide bonds. The van der Waals surface area contributed by atoms with Gasteiger partial charge in [-0.2, -0.15) is 26.3 Å². The number of benzene rings is 2. The van der Waals surface area contributed by atoms with Gasteiger partial charge in [0.05, 0.1) is 23.4 Å². The van der Waals surface area contributed by atoms with Gasteiger partial charge in [0.15, 0.2) is 0 Å². The fourth-order valence-corrected chi connectivity index (χ4v) is 7.23. The van der Waals surface area contributed by atoms with Crippen molar-refractivity contribution in [2.24, 2.45) is 5.92 Å². The van der Waals surface area contributed by atoms with Crippen molar-refractivity contribution >= 4 is 11.8 Å². The van der Waals surface area contributed by atoms with Gasteiger partial charge in [-0.15, -0.1) is 0 Å². The molecule has 6 rings (SSSR count). The van der Waals surface area contributed by atoms with Gasteiger partial charge in [0.2, 0.25) is 11.8 Å². The first kappa shape index (κ1) is 40.7. The van der Waals surface area contributed by atoms with Crippen molar-refractivity contribution < 1.29 is 50.9 Å². The van der Waals surface area contributed by atoms with Crippen LogP contribution in [0.4, 0.5) is 26.3 Å². The van der Waals surface area contributed by atoms with Gasteiger partial charge < -0.3 is 30.2 Å². The molecule has 0 unspecified atom stereocenters. The average molecular weight is 789 g/mol. The maximum atomic E-state index is 13.9. The molecule has 17 heteroatoms. The zero-order chi connectivity index (χ0) is 40.0. The summed E-state index contributed by atoms with van der Waals surface area (Å²) in [4.78, 5) is 34.7. The van der Waals surface area contributed by atoms with E-state index in [9.17, 15) is 46.1 Å². The van der Waals surface area contributed by atoms with Gasteiger partial charge in [-0.3, -0.25) is 24.4 Å². The molecule has 2 aromatic heterocycles. The molecular formula is C39H42F6N6O5. The molecule has 0 spiro atoms. The van der Waals surface area contributed by atoms with Crippen LogP contribution >= 0.6 is 0 Å². The quantitative estimate of drug-likeness (QED) is 0.148. The second-order valence-electron chi connectivity index (χ2n) is 14.1. The van der Waals surface area contributed by atoms with Crippen LogP contribution in [-0.4, -0.2) is 105 Å². The monoisotopic (exact) mass is 788 g/mol. The molecule has 2 aliphatic rings. The smallest absolute Gasteiger partial charge is 0.418 e. The summed E-state index contributed by atoms with van der Waals surface area (Å²) in [7, 11) is 0. The Bertz CT molecular complexity index is 1940. The third-order valence-electron chi connectivity index (χ3n) is 9.91. The Morgan fingerprint density at radius 2 is 1.73 bits per heavy atom. The van der Waals surface area contributed by atoms with E-state index in [1.165, 1.54) is 35.2 Å². The van der Waals surface area contributed by atoms with Crippen LogP contribution < -0.4 is 15.4 Å². The molecular weight excluding hydrogens is 746 g/mol. The number of pyridine rings is 1. The lowest BCUT2D eigenvalue weighted by Gasteiger charge is -2.41. The number of aliphatic hydroxyl groups is 2. The maximum absolute atomic E-state index is 13.9. The summed E-state index contributed by atoms with van der Waals surface area (Å²) < 4.78 is 87.4. The molecule has 4 aromatic rings. The molecule has 2 aromatic carbocycles.